The number of rotatable bonds is 4. The molecule has 1 heterocycles. The molecule has 2 rings (SSSR count). The monoisotopic (exact) mass is 311 g/mol. The lowest BCUT2D eigenvalue weighted by atomic mass is 10.2. The summed E-state index contributed by atoms with van der Waals surface area (Å²) in [6.45, 7) is 2.51. The Bertz CT molecular complexity index is 659. The van der Waals surface area contributed by atoms with Crippen LogP contribution >= 0.6 is 11.6 Å². The van der Waals surface area contributed by atoms with Crippen LogP contribution in [0.4, 0.5) is 20.3 Å². The molecular formula is C14H12ClF2N3O. The van der Waals surface area contributed by atoms with Crippen LogP contribution in [0.25, 0.3) is 0 Å². The molecule has 0 saturated carbocycles. The highest BCUT2D eigenvalue weighted by Crippen LogP contribution is 2.20. The number of pyridine rings is 1. The van der Waals surface area contributed by atoms with E-state index in [-0.39, 0.29) is 16.3 Å². The number of nitrogens with zero attached hydrogens (tertiary/aromatic N) is 1. The molecule has 0 aliphatic rings. The number of hydrogen-bond donors (Lipinski definition) is 2. The highest BCUT2D eigenvalue weighted by Gasteiger charge is 2.13. The van der Waals surface area contributed by atoms with Gasteiger partial charge in [-0.25, -0.2) is 13.8 Å². The summed E-state index contributed by atoms with van der Waals surface area (Å²) in [4.78, 5) is 16.1. The van der Waals surface area contributed by atoms with Crippen LogP contribution < -0.4 is 10.6 Å². The number of aromatic nitrogens is 1. The zero-order valence-corrected chi connectivity index (χ0v) is 11.8. The van der Waals surface area contributed by atoms with E-state index in [4.69, 9.17) is 11.6 Å². The Kier molecular flexibility index (Phi) is 4.70. The second-order valence-electron chi connectivity index (χ2n) is 4.19. The highest BCUT2D eigenvalue weighted by atomic mass is 35.5. The number of carbonyl (C=O) groups excluding carboxylic acids is 1. The molecule has 0 unspecified atom stereocenters. The molecule has 1 aromatic heterocycles. The van der Waals surface area contributed by atoms with Gasteiger partial charge in [-0.1, -0.05) is 11.6 Å². The van der Waals surface area contributed by atoms with Gasteiger partial charge >= 0.3 is 0 Å². The molecule has 0 fully saturated rings. The van der Waals surface area contributed by atoms with Gasteiger partial charge in [-0.3, -0.25) is 4.79 Å². The fourth-order valence-corrected chi connectivity index (χ4v) is 1.90. The summed E-state index contributed by atoms with van der Waals surface area (Å²) in [5, 5.41) is 5.48. The maximum absolute atomic E-state index is 13.1. The van der Waals surface area contributed by atoms with Crippen molar-refractivity contribution in [3.63, 3.8) is 0 Å². The van der Waals surface area contributed by atoms with Gasteiger partial charge in [-0.2, -0.15) is 0 Å². The minimum absolute atomic E-state index is 0.00961. The van der Waals surface area contributed by atoms with E-state index in [0.717, 1.165) is 18.2 Å². The van der Waals surface area contributed by atoms with Gasteiger partial charge in [0.05, 0.1) is 10.6 Å². The summed E-state index contributed by atoms with van der Waals surface area (Å²) in [5.74, 6) is -1.65. The Labute approximate surface area is 125 Å². The second kappa shape index (κ2) is 6.49. The van der Waals surface area contributed by atoms with Gasteiger partial charge in [0, 0.05) is 24.5 Å². The zero-order chi connectivity index (χ0) is 15.4. The molecule has 7 heteroatoms. The predicted octanol–water partition coefficient (Wildman–Crippen LogP) is 3.70. The first-order chi connectivity index (χ1) is 9.99. The van der Waals surface area contributed by atoms with Crippen molar-refractivity contribution in [2.24, 2.45) is 0 Å². The molecule has 0 atom stereocenters. The fourth-order valence-electron chi connectivity index (χ4n) is 1.71. The van der Waals surface area contributed by atoms with E-state index in [2.05, 4.69) is 15.6 Å². The first kappa shape index (κ1) is 15.2. The first-order valence-corrected chi connectivity index (χ1v) is 6.54. The topological polar surface area (TPSA) is 54.0 Å². The highest BCUT2D eigenvalue weighted by molar-refractivity contribution is 6.34. The van der Waals surface area contributed by atoms with E-state index in [9.17, 15) is 13.6 Å². The molecule has 2 aromatic rings. The van der Waals surface area contributed by atoms with Crippen molar-refractivity contribution in [3.8, 4) is 0 Å². The van der Waals surface area contributed by atoms with Crippen molar-refractivity contribution >= 4 is 29.0 Å². The van der Waals surface area contributed by atoms with Crippen molar-refractivity contribution in [1.82, 2.24) is 4.98 Å². The van der Waals surface area contributed by atoms with Crippen LogP contribution in [0.3, 0.4) is 0 Å². The average molecular weight is 312 g/mol. The van der Waals surface area contributed by atoms with E-state index in [1.807, 2.05) is 6.92 Å². The lowest BCUT2D eigenvalue weighted by molar-refractivity contribution is 0.102. The Morgan fingerprint density at radius 3 is 2.52 bits per heavy atom. The van der Waals surface area contributed by atoms with Gasteiger partial charge in [0.25, 0.3) is 5.91 Å². The van der Waals surface area contributed by atoms with Crippen molar-refractivity contribution in [2.45, 2.75) is 6.92 Å². The summed E-state index contributed by atoms with van der Waals surface area (Å²) in [6, 6.07) is 4.22. The molecule has 1 aromatic carbocycles. The number of nitrogens with one attached hydrogen (secondary N) is 2. The van der Waals surface area contributed by atoms with Crippen molar-refractivity contribution in [3.05, 3.63) is 52.7 Å². The van der Waals surface area contributed by atoms with E-state index in [1.165, 1.54) is 12.3 Å². The molecule has 21 heavy (non-hydrogen) atoms. The largest absolute Gasteiger partial charge is 0.370 e. The quantitative estimate of drug-likeness (QED) is 0.905. The second-order valence-corrected chi connectivity index (χ2v) is 4.60. The maximum atomic E-state index is 13.1. The van der Waals surface area contributed by atoms with Gasteiger partial charge < -0.3 is 10.6 Å². The molecule has 0 bridgehead atoms. The van der Waals surface area contributed by atoms with Crippen molar-refractivity contribution in [2.75, 3.05) is 17.2 Å². The number of amides is 1. The smallest absolute Gasteiger partial charge is 0.257 e. The number of hydrogen-bond acceptors (Lipinski definition) is 3. The SMILES string of the molecule is CCNc1cc(C(=O)Nc2cc(F)cc(F)c2)c(Cl)cn1. The third-order valence-electron chi connectivity index (χ3n) is 2.58. The van der Waals surface area contributed by atoms with Crippen molar-refractivity contribution < 1.29 is 13.6 Å². The molecule has 0 saturated heterocycles. The van der Waals surface area contributed by atoms with Crippen LogP contribution in [-0.4, -0.2) is 17.4 Å². The Morgan fingerprint density at radius 1 is 1.24 bits per heavy atom. The number of carbonyl (C=O) groups is 1. The van der Waals surface area contributed by atoms with Crippen LogP contribution in [0.15, 0.2) is 30.5 Å². The van der Waals surface area contributed by atoms with Crippen LogP contribution in [-0.2, 0) is 0 Å². The Morgan fingerprint density at radius 2 is 1.90 bits per heavy atom. The minimum atomic E-state index is -0.778. The summed E-state index contributed by atoms with van der Waals surface area (Å²) in [6.07, 6.45) is 1.33. The molecule has 0 aliphatic heterocycles. The average Bonchev–Trinajstić information content (AvgIpc) is 2.40. The first-order valence-electron chi connectivity index (χ1n) is 6.16. The maximum Gasteiger partial charge on any atom is 0.257 e. The molecule has 0 radical (unpaired) electrons. The van der Waals surface area contributed by atoms with Gasteiger partial charge in [-0.15, -0.1) is 0 Å². The summed E-state index contributed by atoms with van der Waals surface area (Å²) >= 11 is 5.92. The molecule has 0 aliphatic carbocycles. The van der Waals surface area contributed by atoms with Gasteiger partial charge in [-0.05, 0) is 25.1 Å². The molecule has 4 nitrogen and oxygen atoms in total. The number of anilines is 2. The summed E-state index contributed by atoms with van der Waals surface area (Å²) < 4.78 is 26.2. The fraction of sp³-hybridized carbons (Fsp3) is 0.143. The van der Waals surface area contributed by atoms with Gasteiger partial charge in [0.15, 0.2) is 0 Å². The normalized spacial score (nSPS) is 10.3. The van der Waals surface area contributed by atoms with Gasteiger partial charge in [0.1, 0.15) is 17.5 Å². The third-order valence-corrected chi connectivity index (χ3v) is 2.88. The lowest BCUT2D eigenvalue weighted by Crippen LogP contribution is -2.14. The predicted molar refractivity (Wildman–Crippen MR) is 77.7 cm³/mol. The molecule has 110 valence electrons. The molecule has 0 spiro atoms. The number of benzene rings is 1. The van der Waals surface area contributed by atoms with E-state index in [1.54, 1.807) is 0 Å². The molecule has 2 N–H and O–H groups in total. The Balaban J connectivity index is 2.25. The van der Waals surface area contributed by atoms with Crippen molar-refractivity contribution in [1.29, 1.82) is 0 Å². The minimum Gasteiger partial charge on any atom is -0.370 e. The Hall–Kier alpha value is -2.21. The zero-order valence-electron chi connectivity index (χ0n) is 11.1. The third kappa shape index (κ3) is 3.88. The van der Waals surface area contributed by atoms with Crippen LogP contribution in [0, 0.1) is 11.6 Å². The van der Waals surface area contributed by atoms with E-state index < -0.39 is 17.5 Å². The summed E-state index contributed by atoms with van der Waals surface area (Å²) in [7, 11) is 0. The summed E-state index contributed by atoms with van der Waals surface area (Å²) in [5.41, 5.74) is 0.169. The standard InChI is InChI=1S/C14H12ClF2N3O/c1-2-18-13-6-11(12(15)7-19-13)14(21)20-10-4-8(16)3-9(17)5-10/h3-7H,2H2,1H3,(H,18,19)(H,20,21). The molecular weight excluding hydrogens is 300 g/mol. The van der Waals surface area contributed by atoms with Crippen LogP contribution in [0.1, 0.15) is 17.3 Å². The van der Waals surface area contributed by atoms with E-state index in [0.29, 0.717) is 12.4 Å². The van der Waals surface area contributed by atoms with Gasteiger partial charge in [0.2, 0.25) is 0 Å². The van der Waals surface area contributed by atoms with Crippen LogP contribution in [0.5, 0.6) is 0 Å². The number of halogens is 3. The van der Waals surface area contributed by atoms with E-state index >= 15 is 0 Å². The lowest BCUT2D eigenvalue weighted by Gasteiger charge is -2.09. The molecule has 1 amide bonds. The van der Waals surface area contributed by atoms with Crippen LogP contribution in [0.2, 0.25) is 5.02 Å².